The first-order valence-corrected chi connectivity index (χ1v) is 8.24. The maximum absolute atomic E-state index is 3.77. The van der Waals surface area contributed by atoms with E-state index in [4.69, 9.17) is 0 Å². The van der Waals surface area contributed by atoms with Crippen molar-refractivity contribution in [2.24, 2.45) is 5.92 Å². The lowest BCUT2D eigenvalue weighted by Gasteiger charge is -2.50. The number of hydrogen-bond acceptors (Lipinski definition) is 2. The Kier molecular flexibility index (Phi) is 4.13. The van der Waals surface area contributed by atoms with Crippen molar-refractivity contribution < 1.29 is 0 Å². The molecule has 1 aromatic rings. The molecule has 0 aromatic heterocycles. The zero-order valence-corrected chi connectivity index (χ0v) is 12.9. The summed E-state index contributed by atoms with van der Waals surface area (Å²) in [7, 11) is 0. The Morgan fingerprint density at radius 3 is 2.60 bits per heavy atom. The molecule has 20 heavy (non-hydrogen) atoms. The first-order valence-electron chi connectivity index (χ1n) is 8.24. The van der Waals surface area contributed by atoms with Crippen molar-refractivity contribution in [3.8, 4) is 0 Å². The van der Waals surface area contributed by atoms with E-state index in [0.29, 0.717) is 11.6 Å². The Labute approximate surface area is 123 Å². The van der Waals surface area contributed by atoms with Crippen LogP contribution in [0, 0.1) is 5.92 Å². The van der Waals surface area contributed by atoms with Crippen LogP contribution in [0.2, 0.25) is 0 Å². The van der Waals surface area contributed by atoms with Gasteiger partial charge in [0.15, 0.2) is 0 Å². The number of piperazine rings is 1. The molecule has 110 valence electrons. The highest BCUT2D eigenvalue weighted by Crippen LogP contribution is 2.33. The van der Waals surface area contributed by atoms with Crippen LogP contribution in [-0.2, 0) is 0 Å². The minimum atomic E-state index is 0.334. The van der Waals surface area contributed by atoms with Crippen LogP contribution >= 0.6 is 0 Å². The summed E-state index contributed by atoms with van der Waals surface area (Å²) in [6.45, 7) is 8.33. The van der Waals surface area contributed by atoms with Gasteiger partial charge in [-0.25, -0.2) is 0 Å². The molecule has 2 heteroatoms. The van der Waals surface area contributed by atoms with Gasteiger partial charge in [-0.15, -0.1) is 0 Å². The lowest BCUT2D eigenvalue weighted by Crippen LogP contribution is -2.61. The molecule has 1 N–H and O–H groups in total. The van der Waals surface area contributed by atoms with Crippen LogP contribution in [0.15, 0.2) is 30.3 Å². The summed E-state index contributed by atoms with van der Waals surface area (Å²) in [5.41, 5.74) is 1.77. The van der Waals surface area contributed by atoms with Crippen LogP contribution in [-0.4, -0.2) is 30.1 Å². The second-order valence-corrected chi connectivity index (χ2v) is 6.90. The minimum absolute atomic E-state index is 0.334. The van der Waals surface area contributed by atoms with E-state index in [9.17, 15) is 0 Å². The molecule has 2 unspecified atom stereocenters. The highest BCUT2D eigenvalue weighted by atomic mass is 15.3. The molecule has 0 amide bonds. The predicted octanol–water partition coefficient (Wildman–Crippen LogP) is 3.60. The van der Waals surface area contributed by atoms with Gasteiger partial charge >= 0.3 is 0 Å². The van der Waals surface area contributed by atoms with Crippen molar-refractivity contribution in [2.75, 3.05) is 19.6 Å². The Bertz CT molecular complexity index is 426. The fraction of sp³-hybridized carbons (Fsp3) is 0.667. The van der Waals surface area contributed by atoms with Gasteiger partial charge in [0.05, 0.1) is 0 Å². The largest absolute Gasteiger partial charge is 0.307 e. The average molecular weight is 272 g/mol. The second kappa shape index (κ2) is 5.87. The third-order valence-corrected chi connectivity index (χ3v) is 5.56. The SMILES string of the molecule is CCC1(C)CNC(c2ccccc2)CN1CC1CCC1. The number of nitrogens with zero attached hydrogens (tertiary/aromatic N) is 1. The first-order chi connectivity index (χ1) is 9.71. The Hall–Kier alpha value is -0.860. The van der Waals surface area contributed by atoms with Gasteiger partial charge in [0.1, 0.15) is 0 Å². The molecule has 2 fully saturated rings. The van der Waals surface area contributed by atoms with Crippen molar-refractivity contribution >= 4 is 0 Å². The molecule has 2 nitrogen and oxygen atoms in total. The van der Waals surface area contributed by atoms with Crippen LogP contribution in [0.5, 0.6) is 0 Å². The Balaban J connectivity index is 1.72. The summed E-state index contributed by atoms with van der Waals surface area (Å²) < 4.78 is 0. The third-order valence-electron chi connectivity index (χ3n) is 5.56. The van der Waals surface area contributed by atoms with E-state index in [0.717, 1.165) is 19.0 Å². The second-order valence-electron chi connectivity index (χ2n) is 6.90. The molecule has 1 saturated heterocycles. The number of benzene rings is 1. The van der Waals surface area contributed by atoms with E-state index in [2.05, 4.69) is 54.4 Å². The van der Waals surface area contributed by atoms with Crippen molar-refractivity contribution in [3.63, 3.8) is 0 Å². The molecule has 2 aliphatic rings. The van der Waals surface area contributed by atoms with Crippen molar-refractivity contribution in [1.82, 2.24) is 10.2 Å². The highest BCUT2D eigenvalue weighted by molar-refractivity contribution is 5.20. The van der Waals surface area contributed by atoms with Gasteiger partial charge in [-0.3, -0.25) is 4.90 Å². The Morgan fingerprint density at radius 2 is 2.00 bits per heavy atom. The average Bonchev–Trinajstić information content (AvgIpc) is 2.45. The fourth-order valence-electron chi connectivity index (χ4n) is 3.50. The lowest BCUT2D eigenvalue weighted by atomic mass is 9.82. The number of rotatable bonds is 4. The van der Waals surface area contributed by atoms with Crippen LogP contribution in [0.4, 0.5) is 0 Å². The smallest absolute Gasteiger partial charge is 0.0450 e. The molecular weight excluding hydrogens is 244 g/mol. The summed E-state index contributed by atoms with van der Waals surface area (Å²) >= 11 is 0. The summed E-state index contributed by atoms with van der Waals surface area (Å²) in [6, 6.07) is 11.4. The summed E-state index contributed by atoms with van der Waals surface area (Å²) in [5, 5.41) is 3.77. The van der Waals surface area contributed by atoms with E-state index in [1.807, 2.05) is 0 Å². The van der Waals surface area contributed by atoms with Crippen molar-refractivity contribution in [2.45, 2.75) is 51.1 Å². The zero-order chi connectivity index (χ0) is 14.0. The molecule has 0 bridgehead atoms. The van der Waals surface area contributed by atoms with Gasteiger partial charge in [0.25, 0.3) is 0 Å². The zero-order valence-electron chi connectivity index (χ0n) is 12.9. The molecule has 3 rings (SSSR count). The van der Waals surface area contributed by atoms with Crippen LogP contribution < -0.4 is 5.32 Å². The quantitative estimate of drug-likeness (QED) is 0.901. The van der Waals surface area contributed by atoms with Crippen LogP contribution in [0.25, 0.3) is 0 Å². The minimum Gasteiger partial charge on any atom is -0.307 e. The topological polar surface area (TPSA) is 15.3 Å². The number of hydrogen-bond donors (Lipinski definition) is 1. The van der Waals surface area contributed by atoms with Gasteiger partial charge in [-0.05, 0) is 37.7 Å². The van der Waals surface area contributed by atoms with Crippen LogP contribution in [0.1, 0.15) is 51.1 Å². The van der Waals surface area contributed by atoms with E-state index >= 15 is 0 Å². The first kappa shape index (κ1) is 14.1. The molecule has 0 spiro atoms. The standard InChI is InChI=1S/C18H28N2/c1-3-18(2)14-19-17(16-10-5-4-6-11-16)13-20(18)12-15-8-7-9-15/h4-6,10-11,15,17,19H,3,7-9,12-14H2,1-2H3. The van der Waals surface area contributed by atoms with E-state index in [1.54, 1.807) is 0 Å². The summed E-state index contributed by atoms with van der Waals surface area (Å²) in [6.07, 6.45) is 5.56. The third kappa shape index (κ3) is 2.77. The molecule has 2 atom stereocenters. The molecule has 1 heterocycles. The normalized spacial score (nSPS) is 32.0. The van der Waals surface area contributed by atoms with E-state index in [1.165, 1.54) is 37.8 Å². The van der Waals surface area contributed by atoms with Crippen LogP contribution in [0.3, 0.4) is 0 Å². The van der Waals surface area contributed by atoms with Crippen molar-refractivity contribution in [3.05, 3.63) is 35.9 Å². The summed E-state index contributed by atoms with van der Waals surface area (Å²) in [4.78, 5) is 2.77. The highest BCUT2D eigenvalue weighted by Gasteiger charge is 2.38. The van der Waals surface area contributed by atoms with Crippen molar-refractivity contribution in [1.29, 1.82) is 0 Å². The fourth-order valence-corrected chi connectivity index (χ4v) is 3.50. The Morgan fingerprint density at radius 1 is 1.25 bits per heavy atom. The van der Waals surface area contributed by atoms with Gasteiger partial charge in [0.2, 0.25) is 0 Å². The monoisotopic (exact) mass is 272 g/mol. The van der Waals surface area contributed by atoms with Gasteiger partial charge in [-0.1, -0.05) is 43.7 Å². The molecule has 1 saturated carbocycles. The summed E-state index contributed by atoms with van der Waals surface area (Å²) in [5.74, 6) is 0.954. The van der Waals surface area contributed by atoms with Gasteiger partial charge < -0.3 is 5.32 Å². The van der Waals surface area contributed by atoms with E-state index < -0.39 is 0 Å². The maximum atomic E-state index is 3.77. The molecule has 1 aliphatic carbocycles. The van der Waals surface area contributed by atoms with Gasteiger partial charge in [-0.2, -0.15) is 0 Å². The van der Waals surface area contributed by atoms with Gasteiger partial charge in [0, 0.05) is 31.2 Å². The predicted molar refractivity (Wildman–Crippen MR) is 84.8 cm³/mol. The molecule has 1 aliphatic heterocycles. The number of nitrogens with one attached hydrogen (secondary N) is 1. The molecular formula is C18H28N2. The van der Waals surface area contributed by atoms with E-state index in [-0.39, 0.29) is 0 Å². The lowest BCUT2D eigenvalue weighted by molar-refractivity contribution is 0.0224. The molecule has 0 radical (unpaired) electrons. The molecule has 1 aromatic carbocycles. The maximum Gasteiger partial charge on any atom is 0.0450 e.